The van der Waals surface area contributed by atoms with Gasteiger partial charge in [-0.15, -0.1) is 0 Å². The zero-order valence-electron chi connectivity index (χ0n) is 18.7. The number of carboxylic acids is 4. The fourth-order valence-corrected chi connectivity index (χ4v) is 3.40. The molecule has 0 atom stereocenters. The lowest BCUT2D eigenvalue weighted by atomic mass is 9.95. The Morgan fingerprint density at radius 2 is 1.31 bits per heavy atom. The van der Waals surface area contributed by atoms with Crippen LogP contribution in [0.4, 0.5) is 5.69 Å². The molecule has 0 amide bonds. The van der Waals surface area contributed by atoms with Gasteiger partial charge in [0.1, 0.15) is 0 Å². The number of hydrogen-bond donors (Lipinski definition) is 5. The van der Waals surface area contributed by atoms with Crippen LogP contribution >= 0.6 is 0 Å². The van der Waals surface area contributed by atoms with Crippen molar-refractivity contribution in [3.8, 4) is 11.8 Å². The lowest BCUT2D eigenvalue weighted by molar-refractivity contribution is -0.143. The largest absolute Gasteiger partial charge is 0.481 e. The summed E-state index contributed by atoms with van der Waals surface area (Å²) in [5, 5.41) is 36.5. The van der Waals surface area contributed by atoms with Gasteiger partial charge in [0, 0.05) is 41.9 Å². The molecule has 0 aliphatic rings. The number of nitrogen functional groups attached to an aromatic ring is 1. The highest BCUT2D eigenvalue weighted by Gasteiger charge is 2.20. The lowest BCUT2D eigenvalue weighted by Crippen LogP contribution is -2.34. The minimum atomic E-state index is -1.21. The molecule has 184 valence electrons. The van der Waals surface area contributed by atoms with Gasteiger partial charge in [0.15, 0.2) is 0 Å². The van der Waals surface area contributed by atoms with Crippen LogP contribution in [0.25, 0.3) is 0 Å². The number of aliphatic carboxylic acids is 4. The number of nitrogens with two attached hydrogens (primary N) is 1. The molecule has 11 nitrogen and oxygen atoms in total. The van der Waals surface area contributed by atoms with Gasteiger partial charge < -0.3 is 26.2 Å². The Morgan fingerprint density at radius 3 is 1.83 bits per heavy atom. The van der Waals surface area contributed by atoms with Crippen LogP contribution in [0.1, 0.15) is 35.4 Å². The summed E-state index contributed by atoms with van der Waals surface area (Å²) >= 11 is 0. The summed E-state index contributed by atoms with van der Waals surface area (Å²) in [5.41, 5.74) is 8.07. The van der Waals surface area contributed by atoms with Crippen molar-refractivity contribution in [2.75, 3.05) is 18.8 Å². The molecular weight excluding hydrogens is 458 g/mol. The third kappa shape index (κ3) is 10.4. The van der Waals surface area contributed by atoms with Crippen molar-refractivity contribution < 1.29 is 39.6 Å². The second-order valence-electron chi connectivity index (χ2n) is 7.91. The van der Waals surface area contributed by atoms with E-state index in [1.165, 1.54) is 4.90 Å². The SMILES string of the molecule is Nc1ccc(C#Cc2cc(CC(CC(=O)O)CC(=O)O)nc(CN(CC(=O)O)CC(=O)O)c2)cc1. The number of aromatic nitrogens is 1. The topological polar surface area (TPSA) is 191 Å². The molecule has 0 unspecified atom stereocenters. The number of benzene rings is 1. The van der Waals surface area contributed by atoms with Gasteiger partial charge in [0.2, 0.25) is 0 Å². The standard InChI is InChI=1S/C24H25N3O8/c25-18-5-3-15(4-6-18)1-2-16-7-19(9-17(10-21(28)29)11-22(30)31)26-20(8-16)12-27(13-23(32)33)14-24(34)35/h3-8,17H,9-14,25H2,(H,28,29)(H,30,31)(H,32,33)(H,34,35). The monoisotopic (exact) mass is 483 g/mol. The molecule has 0 spiro atoms. The highest BCUT2D eigenvalue weighted by Crippen LogP contribution is 2.18. The number of rotatable bonds is 12. The first kappa shape index (κ1) is 26.8. The minimum absolute atomic E-state index is 0.0286. The van der Waals surface area contributed by atoms with Crippen LogP contribution in [0.2, 0.25) is 0 Å². The number of carboxylic acid groups (broad SMARTS) is 4. The summed E-state index contributed by atoms with van der Waals surface area (Å²) in [7, 11) is 0. The first-order valence-corrected chi connectivity index (χ1v) is 10.5. The Labute approximate surface area is 200 Å². The van der Waals surface area contributed by atoms with E-state index in [2.05, 4.69) is 16.8 Å². The molecule has 0 fully saturated rings. The quantitative estimate of drug-likeness (QED) is 0.215. The zero-order chi connectivity index (χ0) is 26.0. The highest BCUT2D eigenvalue weighted by atomic mass is 16.4. The van der Waals surface area contributed by atoms with E-state index in [-0.39, 0.29) is 25.8 Å². The molecule has 2 rings (SSSR count). The van der Waals surface area contributed by atoms with Crippen LogP contribution in [-0.2, 0) is 32.1 Å². The number of pyridine rings is 1. The van der Waals surface area contributed by atoms with Crippen LogP contribution in [0, 0.1) is 17.8 Å². The third-order valence-corrected chi connectivity index (χ3v) is 4.72. The van der Waals surface area contributed by atoms with E-state index in [9.17, 15) is 19.2 Å². The van der Waals surface area contributed by atoms with Gasteiger partial charge in [-0.3, -0.25) is 29.1 Å². The van der Waals surface area contributed by atoms with Crippen LogP contribution < -0.4 is 5.73 Å². The molecule has 1 heterocycles. The maximum Gasteiger partial charge on any atom is 0.317 e. The summed E-state index contributed by atoms with van der Waals surface area (Å²) in [6.07, 6.45) is -0.732. The van der Waals surface area contributed by atoms with Gasteiger partial charge in [0.05, 0.1) is 18.8 Å². The third-order valence-electron chi connectivity index (χ3n) is 4.72. The maximum absolute atomic E-state index is 11.2. The number of anilines is 1. The van der Waals surface area contributed by atoms with Crippen LogP contribution in [0.5, 0.6) is 0 Å². The average Bonchev–Trinajstić information content (AvgIpc) is 2.71. The molecule has 2 aromatic rings. The predicted octanol–water partition coefficient (Wildman–Crippen LogP) is 1.14. The molecule has 6 N–H and O–H groups in total. The van der Waals surface area contributed by atoms with Crippen molar-refractivity contribution in [3.05, 3.63) is 58.9 Å². The van der Waals surface area contributed by atoms with Crippen molar-refractivity contribution >= 4 is 29.6 Å². The highest BCUT2D eigenvalue weighted by molar-refractivity contribution is 5.72. The summed E-state index contributed by atoms with van der Waals surface area (Å²) in [5.74, 6) is 0.450. The second kappa shape index (κ2) is 12.7. The Kier molecular flexibility index (Phi) is 9.74. The van der Waals surface area contributed by atoms with Gasteiger partial charge >= 0.3 is 23.9 Å². The molecule has 0 saturated carbocycles. The summed E-state index contributed by atoms with van der Waals surface area (Å²) in [6, 6.07) is 10.00. The van der Waals surface area contributed by atoms with Crippen LogP contribution in [-0.4, -0.2) is 67.3 Å². The fourth-order valence-electron chi connectivity index (χ4n) is 3.40. The molecule has 0 bridgehead atoms. The predicted molar refractivity (Wildman–Crippen MR) is 123 cm³/mol. The van der Waals surface area contributed by atoms with E-state index < -0.39 is 42.9 Å². The van der Waals surface area contributed by atoms with Gasteiger partial charge in [-0.05, 0) is 48.7 Å². The Balaban J connectivity index is 2.43. The summed E-state index contributed by atoms with van der Waals surface area (Å²) in [4.78, 5) is 50.3. The molecule has 0 aliphatic carbocycles. The van der Waals surface area contributed by atoms with Gasteiger partial charge in [-0.2, -0.15) is 0 Å². The molecule has 1 aromatic heterocycles. The molecule has 35 heavy (non-hydrogen) atoms. The lowest BCUT2D eigenvalue weighted by Gasteiger charge is -2.19. The van der Waals surface area contributed by atoms with Crippen LogP contribution in [0.3, 0.4) is 0 Å². The first-order valence-electron chi connectivity index (χ1n) is 10.5. The first-order chi connectivity index (χ1) is 16.5. The van der Waals surface area contributed by atoms with Gasteiger partial charge in [-0.25, -0.2) is 0 Å². The van der Waals surface area contributed by atoms with E-state index in [0.29, 0.717) is 28.2 Å². The summed E-state index contributed by atoms with van der Waals surface area (Å²) in [6.45, 7) is -1.19. The molecule has 0 saturated heterocycles. The average molecular weight is 483 g/mol. The van der Waals surface area contributed by atoms with Gasteiger partial charge in [0.25, 0.3) is 0 Å². The Morgan fingerprint density at radius 1 is 0.800 bits per heavy atom. The van der Waals surface area contributed by atoms with E-state index >= 15 is 0 Å². The number of hydrogen-bond acceptors (Lipinski definition) is 7. The molecular formula is C24H25N3O8. The van der Waals surface area contributed by atoms with Crippen molar-refractivity contribution in [1.29, 1.82) is 0 Å². The molecule has 11 heteroatoms. The van der Waals surface area contributed by atoms with Crippen molar-refractivity contribution in [2.45, 2.75) is 25.8 Å². The van der Waals surface area contributed by atoms with Gasteiger partial charge in [-0.1, -0.05) is 11.8 Å². The van der Waals surface area contributed by atoms with Crippen molar-refractivity contribution in [3.63, 3.8) is 0 Å². The van der Waals surface area contributed by atoms with E-state index in [0.717, 1.165) is 0 Å². The smallest absolute Gasteiger partial charge is 0.317 e. The van der Waals surface area contributed by atoms with Crippen molar-refractivity contribution in [1.82, 2.24) is 9.88 Å². The number of nitrogens with zero attached hydrogens (tertiary/aromatic N) is 2. The normalized spacial score (nSPS) is 10.6. The fraction of sp³-hybridized carbons (Fsp3) is 0.292. The van der Waals surface area contributed by atoms with E-state index in [1.807, 2.05) is 0 Å². The molecule has 0 aliphatic heterocycles. The summed E-state index contributed by atoms with van der Waals surface area (Å²) < 4.78 is 0. The molecule has 0 radical (unpaired) electrons. The van der Waals surface area contributed by atoms with Crippen LogP contribution in [0.15, 0.2) is 36.4 Å². The van der Waals surface area contributed by atoms with E-state index in [4.69, 9.17) is 26.2 Å². The second-order valence-corrected chi connectivity index (χ2v) is 7.91. The molecule has 1 aromatic carbocycles. The number of carbonyl (C=O) groups is 4. The Hall–Kier alpha value is -4.43. The zero-order valence-corrected chi connectivity index (χ0v) is 18.7. The maximum atomic E-state index is 11.2. The van der Waals surface area contributed by atoms with Crippen molar-refractivity contribution in [2.24, 2.45) is 5.92 Å². The van der Waals surface area contributed by atoms with E-state index in [1.54, 1.807) is 36.4 Å². The Bertz CT molecular complexity index is 1060. The minimum Gasteiger partial charge on any atom is -0.481 e.